The van der Waals surface area contributed by atoms with Crippen LogP contribution in [0.3, 0.4) is 0 Å². The van der Waals surface area contributed by atoms with Gasteiger partial charge in [-0.25, -0.2) is 9.18 Å². The number of benzene rings is 2. The van der Waals surface area contributed by atoms with Gasteiger partial charge in [-0.2, -0.15) is 0 Å². The molecule has 5 nitrogen and oxygen atoms in total. The Morgan fingerprint density at radius 1 is 1.08 bits per heavy atom. The number of carbonyl (C=O) groups excluding carboxylic acids is 1. The molecular weight excluding hydrogens is 325 g/mol. The molecule has 1 aliphatic rings. The second-order valence-corrected chi connectivity index (χ2v) is 6.00. The highest BCUT2D eigenvalue weighted by molar-refractivity contribution is 6.05. The van der Waals surface area contributed by atoms with Gasteiger partial charge < -0.3 is 15.2 Å². The molecule has 6 heteroatoms. The van der Waals surface area contributed by atoms with Crippen molar-refractivity contribution in [1.82, 2.24) is 0 Å². The zero-order chi connectivity index (χ0) is 17.8. The number of hydrogen-bond acceptors (Lipinski definition) is 3. The van der Waals surface area contributed by atoms with E-state index < -0.39 is 17.7 Å². The van der Waals surface area contributed by atoms with Crippen LogP contribution in [-0.4, -0.2) is 23.1 Å². The van der Waals surface area contributed by atoms with Crippen LogP contribution in [0, 0.1) is 5.82 Å². The maximum absolute atomic E-state index is 13.9. The predicted molar refractivity (Wildman–Crippen MR) is 90.6 cm³/mol. The van der Waals surface area contributed by atoms with E-state index in [0.29, 0.717) is 5.69 Å². The number of rotatable bonds is 5. The van der Waals surface area contributed by atoms with Crippen LogP contribution in [0.15, 0.2) is 42.5 Å². The van der Waals surface area contributed by atoms with E-state index in [9.17, 15) is 14.0 Å². The number of hydrogen-bond donors (Lipinski definition) is 2. The van der Waals surface area contributed by atoms with Crippen LogP contribution in [0.2, 0.25) is 0 Å². The quantitative estimate of drug-likeness (QED) is 0.857. The first-order chi connectivity index (χ1) is 12.0. The lowest BCUT2D eigenvalue weighted by atomic mass is 10.1. The monoisotopic (exact) mass is 343 g/mol. The summed E-state index contributed by atoms with van der Waals surface area (Å²) in [6, 6.07) is 10.1. The Morgan fingerprint density at radius 2 is 1.76 bits per heavy atom. The van der Waals surface area contributed by atoms with Crippen LogP contribution in [0.4, 0.5) is 10.1 Å². The van der Waals surface area contributed by atoms with Crippen molar-refractivity contribution in [3.63, 3.8) is 0 Å². The Hall–Kier alpha value is -2.89. The molecule has 0 spiro atoms. The smallest absolute Gasteiger partial charge is 0.335 e. The molecule has 2 aromatic rings. The van der Waals surface area contributed by atoms with E-state index in [0.717, 1.165) is 30.7 Å². The topological polar surface area (TPSA) is 75.6 Å². The number of carbonyl (C=O) groups is 2. The molecule has 0 aliphatic heterocycles. The van der Waals surface area contributed by atoms with Crippen molar-refractivity contribution in [2.45, 2.75) is 31.8 Å². The molecule has 0 radical (unpaired) electrons. The SMILES string of the molecule is O=C(O)c1ccc(C(=O)Nc2ccc(OC3CCCC3)cc2)c(F)c1. The summed E-state index contributed by atoms with van der Waals surface area (Å²) in [5.74, 6) is -2.02. The summed E-state index contributed by atoms with van der Waals surface area (Å²) in [6.07, 6.45) is 4.74. The number of ether oxygens (including phenoxy) is 1. The second-order valence-electron chi connectivity index (χ2n) is 6.00. The van der Waals surface area contributed by atoms with Crippen molar-refractivity contribution >= 4 is 17.6 Å². The number of aromatic carboxylic acids is 1. The minimum Gasteiger partial charge on any atom is -0.490 e. The van der Waals surface area contributed by atoms with Gasteiger partial charge in [0.25, 0.3) is 5.91 Å². The summed E-state index contributed by atoms with van der Waals surface area (Å²) in [5.41, 5.74) is 0.0872. The first-order valence-electron chi connectivity index (χ1n) is 8.14. The van der Waals surface area contributed by atoms with Gasteiger partial charge in [0.05, 0.1) is 17.2 Å². The molecule has 0 atom stereocenters. The van der Waals surface area contributed by atoms with E-state index in [1.807, 2.05) is 0 Å². The summed E-state index contributed by atoms with van der Waals surface area (Å²) in [7, 11) is 0. The fourth-order valence-corrected chi connectivity index (χ4v) is 2.85. The summed E-state index contributed by atoms with van der Waals surface area (Å²) in [4.78, 5) is 23.0. The van der Waals surface area contributed by atoms with Crippen LogP contribution >= 0.6 is 0 Å². The third kappa shape index (κ3) is 4.15. The molecule has 1 amide bonds. The Labute approximate surface area is 144 Å². The Balaban J connectivity index is 1.65. The van der Waals surface area contributed by atoms with Crippen molar-refractivity contribution in [2.75, 3.05) is 5.32 Å². The molecule has 25 heavy (non-hydrogen) atoms. The third-order valence-electron chi connectivity index (χ3n) is 4.18. The van der Waals surface area contributed by atoms with Gasteiger partial charge >= 0.3 is 5.97 Å². The Kier molecular flexibility index (Phi) is 4.97. The van der Waals surface area contributed by atoms with Crippen LogP contribution in [0.1, 0.15) is 46.4 Å². The highest BCUT2D eigenvalue weighted by Gasteiger charge is 2.17. The average molecular weight is 343 g/mol. The van der Waals surface area contributed by atoms with E-state index in [1.165, 1.54) is 18.9 Å². The Bertz CT molecular complexity index is 783. The van der Waals surface area contributed by atoms with Gasteiger partial charge in [0, 0.05) is 5.69 Å². The minimum atomic E-state index is -1.25. The van der Waals surface area contributed by atoms with Crippen LogP contribution < -0.4 is 10.1 Å². The van der Waals surface area contributed by atoms with E-state index in [4.69, 9.17) is 9.84 Å². The molecular formula is C19H18FNO4. The summed E-state index contributed by atoms with van der Waals surface area (Å²) in [5, 5.41) is 11.4. The lowest BCUT2D eigenvalue weighted by Crippen LogP contribution is -2.14. The summed E-state index contributed by atoms with van der Waals surface area (Å²) >= 11 is 0. The summed E-state index contributed by atoms with van der Waals surface area (Å²) < 4.78 is 19.8. The molecule has 0 saturated heterocycles. The zero-order valence-corrected chi connectivity index (χ0v) is 13.5. The first kappa shape index (κ1) is 17.0. The highest BCUT2D eigenvalue weighted by atomic mass is 19.1. The van der Waals surface area contributed by atoms with Crippen LogP contribution in [0.5, 0.6) is 5.75 Å². The van der Waals surface area contributed by atoms with Gasteiger partial charge in [-0.1, -0.05) is 0 Å². The molecule has 0 aromatic heterocycles. The average Bonchev–Trinajstić information content (AvgIpc) is 3.09. The fourth-order valence-electron chi connectivity index (χ4n) is 2.85. The molecule has 2 aromatic carbocycles. The molecule has 1 saturated carbocycles. The zero-order valence-electron chi connectivity index (χ0n) is 13.5. The maximum atomic E-state index is 13.9. The van der Waals surface area contributed by atoms with Crippen molar-refractivity contribution in [3.8, 4) is 5.75 Å². The van der Waals surface area contributed by atoms with Gasteiger partial charge in [-0.15, -0.1) is 0 Å². The molecule has 0 unspecified atom stereocenters. The molecule has 0 heterocycles. The fraction of sp³-hybridized carbons (Fsp3) is 0.263. The van der Waals surface area contributed by atoms with E-state index in [1.54, 1.807) is 24.3 Å². The number of anilines is 1. The number of carboxylic acids is 1. The second kappa shape index (κ2) is 7.34. The van der Waals surface area contributed by atoms with Crippen molar-refractivity contribution < 1.29 is 23.8 Å². The van der Waals surface area contributed by atoms with E-state index in [-0.39, 0.29) is 17.2 Å². The van der Waals surface area contributed by atoms with Crippen molar-refractivity contribution in [3.05, 3.63) is 59.4 Å². The van der Waals surface area contributed by atoms with E-state index in [2.05, 4.69) is 5.32 Å². The summed E-state index contributed by atoms with van der Waals surface area (Å²) in [6.45, 7) is 0. The number of nitrogens with one attached hydrogen (secondary N) is 1. The lowest BCUT2D eigenvalue weighted by molar-refractivity contribution is 0.0695. The van der Waals surface area contributed by atoms with Crippen molar-refractivity contribution in [1.29, 1.82) is 0 Å². The largest absolute Gasteiger partial charge is 0.490 e. The highest BCUT2D eigenvalue weighted by Crippen LogP contribution is 2.25. The lowest BCUT2D eigenvalue weighted by Gasteiger charge is -2.13. The van der Waals surface area contributed by atoms with Gasteiger partial charge in [-0.3, -0.25) is 4.79 Å². The number of carboxylic acid groups (broad SMARTS) is 1. The van der Waals surface area contributed by atoms with Gasteiger partial charge in [-0.05, 0) is 68.1 Å². The van der Waals surface area contributed by atoms with Gasteiger partial charge in [0.2, 0.25) is 0 Å². The van der Waals surface area contributed by atoms with Gasteiger partial charge in [0.15, 0.2) is 0 Å². The van der Waals surface area contributed by atoms with Gasteiger partial charge in [0.1, 0.15) is 11.6 Å². The molecule has 1 fully saturated rings. The van der Waals surface area contributed by atoms with Crippen molar-refractivity contribution in [2.24, 2.45) is 0 Å². The normalized spacial score (nSPS) is 14.3. The number of halogens is 1. The molecule has 1 aliphatic carbocycles. The third-order valence-corrected chi connectivity index (χ3v) is 4.18. The van der Waals surface area contributed by atoms with Crippen LogP contribution in [-0.2, 0) is 0 Å². The minimum absolute atomic E-state index is 0.206. The Morgan fingerprint density at radius 3 is 2.36 bits per heavy atom. The molecule has 0 bridgehead atoms. The molecule has 3 rings (SSSR count). The first-order valence-corrected chi connectivity index (χ1v) is 8.14. The molecule has 130 valence electrons. The maximum Gasteiger partial charge on any atom is 0.335 e. The van der Waals surface area contributed by atoms with E-state index >= 15 is 0 Å². The van der Waals surface area contributed by atoms with Crippen LogP contribution in [0.25, 0.3) is 0 Å². The standard InChI is InChI=1S/C19H18FNO4/c20-17-11-12(19(23)24)5-10-16(17)18(22)21-13-6-8-15(9-7-13)25-14-3-1-2-4-14/h5-11,14H,1-4H2,(H,21,22)(H,23,24). The predicted octanol–water partition coefficient (Wildman–Crippen LogP) is 4.10. The number of amides is 1. The molecule has 2 N–H and O–H groups in total.